The SMILES string of the molecule is CC(C)[C@H](Cn1ccnn1)NC(=O)COc1ccccc1. The molecular weight excluding hydrogens is 268 g/mol. The number of carbonyl (C=O) groups excluding carboxylic acids is 1. The fourth-order valence-corrected chi connectivity index (χ4v) is 1.87. The van der Waals surface area contributed by atoms with E-state index in [-0.39, 0.29) is 24.5 Å². The van der Waals surface area contributed by atoms with Gasteiger partial charge in [-0.15, -0.1) is 5.10 Å². The summed E-state index contributed by atoms with van der Waals surface area (Å²) in [7, 11) is 0. The second-order valence-corrected chi connectivity index (χ2v) is 5.14. The molecule has 0 saturated carbocycles. The molecule has 0 aliphatic rings. The first-order valence-electron chi connectivity index (χ1n) is 6.96. The second-order valence-electron chi connectivity index (χ2n) is 5.14. The third-order valence-corrected chi connectivity index (χ3v) is 3.12. The Labute approximate surface area is 124 Å². The highest BCUT2D eigenvalue weighted by atomic mass is 16.5. The van der Waals surface area contributed by atoms with E-state index in [2.05, 4.69) is 29.5 Å². The molecule has 21 heavy (non-hydrogen) atoms. The lowest BCUT2D eigenvalue weighted by Crippen LogP contribution is -2.43. The summed E-state index contributed by atoms with van der Waals surface area (Å²) in [6.07, 6.45) is 3.40. The molecule has 2 rings (SSSR count). The van der Waals surface area contributed by atoms with E-state index in [1.165, 1.54) is 0 Å². The van der Waals surface area contributed by atoms with Gasteiger partial charge in [0.25, 0.3) is 5.91 Å². The molecule has 1 atom stereocenters. The third kappa shape index (κ3) is 4.91. The topological polar surface area (TPSA) is 69.0 Å². The van der Waals surface area contributed by atoms with Crippen LogP contribution in [-0.4, -0.2) is 33.5 Å². The molecule has 112 valence electrons. The number of benzene rings is 1. The summed E-state index contributed by atoms with van der Waals surface area (Å²) in [6, 6.07) is 9.27. The maximum absolute atomic E-state index is 12.0. The number of nitrogens with zero attached hydrogens (tertiary/aromatic N) is 3. The Balaban J connectivity index is 1.83. The molecule has 1 N–H and O–H groups in total. The second kappa shape index (κ2) is 7.42. The number of nitrogens with one attached hydrogen (secondary N) is 1. The molecule has 0 aliphatic heterocycles. The molecular formula is C15H20N4O2. The predicted molar refractivity (Wildman–Crippen MR) is 78.7 cm³/mol. The molecule has 1 amide bonds. The van der Waals surface area contributed by atoms with Crippen LogP contribution < -0.4 is 10.1 Å². The van der Waals surface area contributed by atoms with Crippen molar-refractivity contribution in [2.75, 3.05) is 6.61 Å². The molecule has 6 heteroatoms. The summed E-state index contributed by atoms with van der Waals surface area (Å²) in [5.74, 6) is 0.831. The van der Waals surface area contributed by atoms with Gasteiger partial charge in [0.15, 0.2) is 6.61 Å². The van der Waals surface area contributed by atoms with Crippen LogP contribution in [0.15, 0.2) is 42.7 Å². The van der Waals surface area contributed by atoms with Crippen molar-refractivity contribution in [1.82, 2.24) is 20.3 Å². The molecule has 1 heterocycles. The zero-order valence-electron chi connectivity index (χ0n) is 12.3. The number of ether oxygens (including phenoxy) is 1. The van der Waals surface area contributed by atoms with E-state index in [1.54, 1.807) is 17.1 Å². The van der Waals surface area contributed by atoms with E-state index >= 15 is 0 Å². The molecule has 0 saturated heterocycles. The summed E-state index contributed by atoms with van der Waals surface area (Å²) >= 11 is 0. The molecule has 1 aromatic carbocycles. The van der Waals surface area contributed by atoms with Gasteiger partial charge in [-0.25, -0.2) is 0 Å². The summed E-state index contributed by atoms with van der Waals surface area (Å²) in [4.78, 5) is 12.0. The van der Waals surface area contributed by atoms with E-state index < -0.39 is 0 Å². The summed E-state index contributed by atoms with van der Waals surface area (Å²) in [5, 5.41) is 10.7. The van der Waals surface area contributed by atoms with Crippen molar-refractivity contribution in [2.24, 2.45) is 5.92 Å². The Morgan fingerprint density at radius 3 is 2.71 bits per heavy atom. The fraction of sp³-hybridized carbons (Fsp3) is 0.400. The average molecular weight is 288 g/mol. The van der Waals surface area contributed by atoms with Crippen molar-refractivity contribution < 1.29 is 9.53 Å². The van der Waals surface area contributed by atoms with Crippen LogP contribution >= 0.6 is 0 Å². The molecule has 0 spiro atoms. The molecule has 0 fully saturated rings. The lowest BCUT2D eigenvalue weighted by atomic mass is 10.0. The number of para-hydroxylation sites is 1. The van der Waals surface area contributed by atoms with Crippen LogP contribution in [0, 0.1) is 5.92 Å². The summed E-state index contributed by atoms with van der Waals surface area (Å²) in [5.41, 5.74) is 0. The van der Waals surface area contributed by atoms with Gasteiger partial charge in [0.1, 0.15) is 5.75 Å². The maximum Gasteiger partial charge on any atom is 0.258 e. The Bertz CT molecular complexity index is 540. The van der Waals surface area contributed by atoms with Gasteiger partial charge in [0, 0.05) is 6.20 Å². The van der Waals surface area contributed by atoms with Crippen molar-refractivity contribution in [3.05, 3.63) is 42.7 Å². The van der Waals surface area contributed by atoms with Crippen molar-refractivity contribution in [1.29, 1.82) is 0 Å². The number of amides is 1. The highest BCUT2D eigenvalue weighted by Gasteiger charge is 2.17. The van der Waals surface area contributed by atoms with E-state index in [9.17, 15) is 4.79 Å². The number of hydrogen-bond acceptors (Lipinski definition) is 4. The molecule has 0 aliphatic carbocycles. The minimum absolute atomic E-state index is 0.00455. The molecule has 6 nitrogen and oxygen atoms in total. The van der Waals surface area contributed by atoms with Gasteiger partial charge >= 0.3 is 0 Å². The van der Waals surface area contributed by atoms with Gasteiger partial charge in [-0.3, -0.25) is 9.48 Å². The van der Waals surface area contributed by atoms with Crippen LogP contribution in [0.4, 0.5) is 0 Å². The smallest absolute Gasteiger partial charge is 0.258 e. The molecule has 0 radical (unpaired) electrons. The van der Waals surface area contributed by atoms with Crippen LogP contribution in [0.1, 0.15) is 13.8 Å². The van der Waals surface area contributed by atoms with Crippen LogP contribution in [0.25, 0.3) is 0 Å². The van der Waals surface area contributed by atoms with Gasteiger partial charge in [-0.05, 0) is 18.1 Å². The van der Waals surface area contributed by atoms with E-state index in [1.807, 2.05) is 30.3 Å². The number of carbonyl (C=O) groups is 1. The van der Waals surface area contributed by atoms with Gasteiger partial charge < -0.3 is 10.1 Å². The molecule has 2 aromatic rings. The number of rotatable bonds is 7. The standard InChI is InChI=1S/C15H20N4O2/c1-12(2)14(10-19-9-8-16-18-19)17-15(20)11-21-13-6-4-3-5-7-13/h3-9,12,14H,10-11H2,1-2H3,(H,17,20)/t14-/m0/s1. The lowest BCUT2D eigenvalue weighted by molar-refractivity contribution is -0.124. The summed E-state index contributed by atoms with van der Waals surface area (Å²) < 4.78 is 7.15. The van der Waals surface area contributed by atoms with Crippen LogP contribution in [0.3, 0.4) is 0 Å². The first-order chi connectivity index (χ1) is 10.1. The first kappa shape index (κ1) is 15.0. The monoisotopic (exact) mass is 288 g/mol. The van der Waals surface area contributed by atoms with E-state index in [0.717, 1.165) is 0 Å². The molecule has 0 unspecified atom stereocenters. The average Bonchev–Trinajstić information content (AvgIpc) is 2.98. The maximum atomic E-state index is 12.0. The normalized spacial score (nSPS) is 12.1. The third-order valence-electron chi connectivity index (χ3n) is 3.12. The Hall–Kier alpha value is -2.37. The zero-order valence-corrected chi connectivity index (χ0v) is 12.3. The Morgan fingerprint density at radius 1 is 1.33 bits per heavy atom. The Morgan fingerprint density at radius 2 is 2.10 bits per heavy atom. The highest BCUT2D eigenvalue weighted by Crippen LogP contribution is 2.08. The van der Waals surface area contributed by atoms with Gasteiger partial charge in [-0.2, -0.15) is 0 Å². The first-order valence-corrected chi connectivity index (χ1v) is 6.96. The van der Waals surface area contributed by atoms with Crippen molar-refractivity contribution >= 4 is 5.91 Å². The largest absolute Gasteiger partial charge is 0.484 e. The van der Waals surface area contributed by atoms with Crippen molar-refractivity contribution in [3.63, 3.8) is 0 Å². The predicted octanol–water partition coefficient (Wildman–Crippen LogP) is 1.50. The van der Waals surface area contributed by atoms with E-state index in [4.69, 9.17) is 4.74 Å². The fourth-order valence-electron chi connectivity index (χ4n) is 1.87. The highest BCUT2D eigenvalue weighted by molar-refractivity contribution is 5.77. The number of hydrogen-bond donors (Lipinski definition) is 1. The quantitative estimate of drug-likeness (QED) is 0.838. The lowest BCUT2D eigenvalue weighted by Gasteiger charge is -2.22. The zero-order chi connectivity index (χ0) is 15.1. The molecule has 0 bridgehead atoms. The van der Waals surface area contributed by atoms with Gasteiger partial charge in [0.05, 0.1) is 18.8 Å². The van der Waals surface area contributed by atoms with Crippen LogP contribution in [0.2, 0.25) is 0 Å². The minimum atomic E-state index is -0.141. The van der Waals surface area contributed by atoms with Crippen molar-refractivity contribution in [2.45, 2.75) is 26.4 Å². The minimum Gasteiger partial charge on any atom is -0.484 e. The van der Waals surface area contributed by atoms with Crippen molar-refractivity contribution in [3.8, 4) is 5.75 Å². The van der Waals surface area contributed by atoms with Crippen LogP contribution in [-0.2, 0) is 11.3 Å². The van der Waals surface area contributed by atoms with E-state index in [0.29, 0.717) is 12.3 Å². The summed E-state index contributed by atoms with van der Waals surface area (Å²) in [6.45, 7) is 4.71. The van der Waals surface area contributed by atoms with Gasteiger partial charge in [-0.1, -0.05) is 37.3 Å². The molecule has 1 aromatic heterocycles. The van der Waals surface area contributed by atoms with Gasteiger partial charge in [0.2, 0.25) is 0 Å². The van der Waals surface area contributed by atoms with Crippen LogP contribution in [0.5, 0.6) is 5.75 Å². The number of aromatic nitrogens is 3. The Kier molecular flexibility index (Phi) is 5.31.